The highest BCUT2D eigenvalue weighted by Crippen LogP contribution is 2.22. The topological polar surface area (TPSA) is 58.1 Å². The Balaban J connectivity index is 1.46. The first kappa shape index (κ1) is 16.5. The molecular weight excluding hydrogens is 324 g/mol. The lowest BCUT2D eigenvalue weighted by Crippen LogP contribution is -2.42. The first-order chi connectivity index (χ1) is 12.7. The molecule has 0 spiro atoms. The number of rotatable bonds is 3. The molecule has 5 nitrogen and oxygen atoms in total. The standard InChI is InChI=1S/C21H22N4O/c1-15-7-8-16-4-2-6-19(20(16)23-15)21(26)25-12-9-17(10-13-25)24-18-5-3-11-22-14-18/h2-8,11,14,17,24H,9-10,12-13H2,1H3. The highest BCUT2D eigenvalue weighted by molar-refractivity contribution is 6.05. The van der Waals surface area contributed by atoms with Gasteiger partial charge in [-0.15, -0.1) is 0 Å². The summed E-state index contributed by atoms with van der Waals surface area (Å²) in [7, 11) is 0. The third-order valence-electron chi connectivity index (χ3n) is 4.90. The van der Waals surface area contributed by atoms with Crippen molar-refractivity contribution < 1.29 is 4.79 Å². The Morgan fingerprint density at radius 3 is 2.73 bits per heavy atom. The van der Waals surface area contributed by atoms with Crippen molar-refractivity contribution in [2.45, 2.75) is 25.8 Å². The van der Waals surface area contributed by atoms with E-state index in [1.54, 1.807) is 6.20 Å². The number of aryl methyl sites for hydroxylation is 1. The number of anilines is 1. The Labute approximate surface area is 153 Å². The van der Waals surface area contributed by atoms with Crippen molar-refractivity contribution in [1.82, 2.24) is 14.9 Å². The van der Waals surface area contributed by atoms with Gasteiger partial charge < -0.3 is 10.2 Å². The molecule has 4 rings (SSSR count). The highest BCUT2D eigenvalue weighted by Gasteiger charge is 2.25. The number of piperidine rings is 1. The van der Waals surface area contributed by atoms with E-state index in [1.165, 1.54) is 0 Å². The maximum atomic E-state index is 13.0. The largest absolute Gasteiger partial charge is 0.381 e. The summed E-state index contributed by atoms with van der Waals surface area (Å²) >= 11 is 0. The molecule has 1 N–H and O–H groups in total. The predicted octanol–water partition coefficient (Wildman–Crippen LogP) is 3.65. The number of amides is 1. The van der Waals surface area contributed by atoms with Crippen LogP contribution in [-0.2, 0) is 0 Å². The number of hydrogen-bond acceptors (Lipinski definition) is 4. The molecule has 3 aromatic rings. The molecule has 1 aliphatic rings. The zero-order valence-electron chi connectivity index (χ0n) is 14.9. The summed E-state index contributed by atoms with van der Waals surface area (Å²) < 4.78 is 0. The molecule has 0 atom stereocenters. The number of para-hydroxylation sites is 1. The SMILES string of the molecule is Cc1ccc2cccc(C(=O)N3CCC(Nc4cccnc4)CC3)c2n1. The van der Waals surface area contributed by atoms with Crippen LogP contribution in [0.3, 0.4) is 0 Å². The molecular formula is C21H22N4O. The molecule has 26 heavy (non-hydrogen) atoms. The Morgan fingerprint density at radius 1 is 1.12 bits per heavy atom. The summed E-state index contributed by atoms with van der Waals surface area (Å²) in [6, 6.07) is 14.1. The minimum absolute atomic E-state index is 0.0773. The van der Waals surface area contributed by atoms with Gasteiger partial charge in [-0.05, 0) is 44.0 Å². The van der Waals surface area contributed by atoms with Crippen molar-refractivity contribution in [3.8, 4) is 0 Å². The smallest absolute Gasteiger partial charge is 0.256 e. The average Bonchev–Trinajstić information content (AvgIpc) is 2.68. The number of hydrogen-bond donors (Lipinski definition) is 1. The van der Waals surface area contributed by atoms with E-state index in [1.807, 2.05) is 60.5 Å². The highest BCUT2D eigenvalue weighted by atomic mass is 16.2. The molecule has 0 unspecified atom stereocenters. The van der Waals surface area contributed by atoms with Crippen molar-refractivity contribution in [2.24, 2.45) is 0 Å². The van der Waals surface area contributed by atoms with Crippen LogP contribution in [0.4, 0.5) is 5.69 Å². The van der Waals surface area contributed by atoms with Crippen LogP contribution < -0.4 is 5.32 Å². The normalized spacial score (nSPS) is 15.2. The number of benzene rings is 1. The number of nitrogens with zero attached hydrogens (tertiary/aromatic N) is 3. The molecule has 0 aliphatic carbocycles. The predicted molar refractivity (Wildman–Crippen MR) is 103 cm³/mol. The molecule has 0 bridgehead atoms. The first-order valence-corrected chi connectivity index (χ1v) is 9.03. The fourth-order valence-electron chi connectivity index (χ4n) is 3.50. The third-order valence-corrected chi connectivity index (χ3v) is 4.90. The molecule has 1 amide bonds. The van der Waals surface area contributed by atoms with Crippen LogP contribution in [-0.4, -0.2) is 39.9 Å². The van der Waals surface area contributed by atoms with Gasteiger partial charge in [0.1, 0.15) is 0 Å². The van der Waals surface area contributed by atoms with E-state index in [2.05, 4.69) is 15.3 Å². The Kier molecular flexibility index (Phi) is 4.52. The number of carbonyl (C=O) groups excluding carboxylic acids is 1. The van der Waals surface area contributed by atoms with E-state index in [0.29, 0.717) is 11.6 Å². The van der Waals surface area contributed by atoms with E-state index in [4.69, 9.17) is 0 Å². The summed E-state index contributed by atoms with van der Waals surface area (Å²) in [4.78, 5) is 23.7. The quantitative estimate of drug-likeness (QED) is 0.786. The second kappa shape index (κ2) is 7.12. The summed E-state index contributed by atoms with van der Waals surface area (Å²) in [6.07, 6.45) is 5.46. The van der Waals surface area contributed by atoms with E-state index >= 15 is 0 Å². The van der Waals surface area contributed by atoms with Crippen LogP contribution in [0.2, 0.25) is 0 Å². The fraction of sp³-hybridized carbons (Fsp3) is 0.286. The summed E-state index contributed by atoms with van der Waals surface area (Å²) in [5.41, 5.74) is 3.46. The zero-order chi connectivity index (χ0) is 17.9. The second-order valence-corrected chi connectivity index (χ2v) is 6.78. The number of pyridine rings is 2. The average molecular weight is 346 g/mol. The minimum atomic E-state index is 0.0773. The van der Waals surface area contributed by atoms with Gasteiger partial charge in [0, 0.05) is 42.6 Å². The lowest BCUT2D eigenvalue weighted by Gasteiger charge is -2.33. The van der Waals surface area contributed by atoms with Crippen molar-refractivity contribution >= 4 is 22.5 Å². The molecule has 1 fully saturated rings. The van der Waals surface area contributed by atoms with Gasteiger partial charge in [0.2, 0.25) is 0 Å². The molecule has 1 saturated heterocycles. The van der Waals surface area contributed by atoms with Crippen LogP contribution in [0.5, 0.6) is 0 Å². The van der Waals surface area contributed by atoms with Gasteiger partial charge in [-0.2, -0.15) is 0 Å². The zero-order valence-corrected chi connectivity index (χ0v) is 14.9. The van der Waals surface area contributed by atoms with Crippen LogP contribution in [0.25, 0.3) is 10.9 Å². The van der Waals surface area contributed by atoms with Gasteiger partial charge in [-0.25, -0.2) is 0 Å². The Hall–Kier alpha value is -2.95. The molecule has 0 radical (unpaired) electrons. The van der Waals surface area contributed by atoms with E-state index in [0.717, 1.165) is 48.2 Å². The molecule has 132 valence electrons. The van der Waals surface area contributed by atoms with Crippen LogP contribution in [0, 0.1) is 6.92 Å². The molecule has 3 heterocycles. The van der Waals surface area contributed by atoms with Gasteiger partial charge in [0.25, 0.3) is 5.91 Å². The van der Waals surface area contributed by atoms with Gasteiger partial charge in [0.15, 0.2) is 0 Å². The minimum Gasteiger partial charge on any atom is -0.381 e. The van der Waals surface area contributed by atoms with Gasteiger partial charge in [0.05, 0.1) is 16.8 Å². The molecule has 1 aliphatic heterocycles. The van der Waals surface area contributed by atoms with Crippen LogP contribution >= 0.6 is 0 Å². The maximum Gasteiger partial charge on any atom is 0.256 e. The number of carbonyl (C=O) groups is 1. The van der Waals surface area contributed by atoms with Gasteiger partial charge in [-0.1, -0.05) is 18.2 Å². The van der Waals surface area contributed by atoms with Gasteiger partial charge in [-0.3, -0.25) is 14.8 Å². The molecule has 2 aromatic heterocycles. The van der Waals surface area contributed by atoms with Crippen molar-refractivity contribution in [1.29, 1.82) is 0 Å². The Morgan fingerprint density at radius 2 is 1.96 bits per heavy atom. The van der Waals surface area contributed by atoms with E-state index in [9.17, 15) is 4.79 Å². The van der Waals surface area contributed by atoms with E-state index < -0.39 is 0 Å². The van der Waals surface area contributed by atoms with Crippen molar-refractivity contribution in [2.75, 3.05) is 18.4 Å². The first-order valence-electron chi connectivity index (χ1n) is 9.03. The third kappa shape index (κ3) is 3.38. The summed E-state index contributed by atoms with van der Waals surface area (Å²) in [5, 5.41) is 4.51. The lowest BCUT2D eigenvalue weighted by atomic mass is 10.0. The fourth-order valence-corrected chi connectivity index (χ4v) is 3.50. The molecule has 1 aromatic carbocycles. The second-order valence-electron chi connectivity index (χ2n) is 6.78. The van der Waals surface area contributed by atoms with Crippen molar-refractivity contribution in [3.63, 3.8) is 0 Å². The van der Waals surface area contributed by atoms with E-state index in [-0.39, 0.29) is 5.91 Å². The lowest BCUT2D eigenvalue weighted by molar-refractivity contribution is 0.0720. The number of nitrogens with one attached hydrogen (secondary N) is 1. The van der Waals surface area contributed by atoms with Crippen molar-refractivity contribution in [3.05, 3.63) is 66.1 Å². The number of fused-ring (bicyclic) bond motifs is 1. The maximum absolute atomic E-state index is 13.0. The van der Waals surface area contributed by atoms with Crippen LogP contribution in [0.15, 0.2) is 54.9 Å². The Bertz CT molecular complexity index is 918. The summed E-state index contributed by atoms with van der Waals surface area (Å²) in [5.74, 6) is 0.0773. The van der Waals surface area contributed by atoms with Crippen LogP contribution in [0.1, 0.15) is 28.9 Å². The van der Waals surface area contributed by atoms with Gasteiger partial charge >= 0.3 is 0 Å². The molecule has 5 heteroatoms. The number of aromatic nitrogens is 2. The monoisotopic (exact) mass is 346 g/mol. The molecule has 0 saturated carbocycles. The number of likely N-dealkylation sites (tertiary alicyclic amines) is 1. The summed E-state index contributed by atoms with van der Waals surface area (Å²) in [6.45, 7) is 3.45.